The Hall–Kier alpha value is -1.77. The molecule has 0 spiro atoms. The molecule has 0 unspecified atom stereocenters. The van der Waals surface area contributed by atoms with E-state index in [1.807, 2.05) is 18.2 Å². The lowest BCUT2D eigenvalue weighted by Crippen LogP contribution is -1.98. The fourth-order valence-electron chi connectivity index (χ4n) is 1.72. The molecule has 0 bridgehead atoms. The van der Waals surface area contributed by atoms with Crippen LogP contribution in [-0.2, 0) is 6.54 Å². The van der Waals surface area contributed by atoms with Gasteiger partial charge < -0.3 is 11.1 Å². The molecule has 3 N–H and O–H groups in total. The zero-order valence-electron chi connectivity index (χ0n) is 10.8. The second kappa shape index (κ2) is 8.35. The molecule has 0 heterocycles. The van der Waals surface area contributed by atoms with Gasteiger partial charge in [0.05, 0.1) is 0 Å². The van der Waals surface area contributed by atoms with Crippen LogP contribution in [0.5, 0.6) is 0 Å². The molecule has 2 aromatic carbocycles. The van der Waals surface area contributed by atoms with Gasteiger partial charge >= 0.3 is 0 Å². The van der Waals surface area contributed by atoms with E-state index in [1.165, 1.54) is 11.1 Å². The van der Waals surface area contributed by atoms with Crippen LogP contribution in [0.4, 0.5) is 5.69 Å². The summed E-state index contributed by atoms with van der Waals surface area (Å²) in [5.41, 5.74) is 9.00. The molecule has 3 heteroatoms. The van der Waals surface area contributed by atoms with Crippen LogP contribution in [-0.4, -0.2) is 6.54 Å². The first-order chi connectivity index (χ1) is 8.88. The Labute approximate surface area is 120 Å². The van der Waals surface area contributed by atoms with Gasteiger partial charge in [-0.25, -0.2) is 0 Å². The molecule has 0 fully saturated rings. The third-order valence-corrected chi connectivity index (χ3v) is 2.70. The molecule has 0 radical (unpaired) electrons. The van der Waals surface area contributed by atoms with E-state index >= 15 is 0 Å². The molecule has 0 saturated carbocycles. The van der Waals surface area contributed by atoms with Gasteiger partial charge in [0.2, 0.25) is 0 Å². The smallest absolute Gasteiger partial charge is 0.0400 e. The predicted octanol–water partition coefficient (Wildman–Crippen LogP) is 3.69. The lowest BCUT2D eigenvalue weighted by atomic mass is 10.2. The Morgan fingerprint density at radius 3 is 2.26 bits per heavy atom. The lowest BCUT2D eigenvalue weighted by molar-refractivity contribution is 1.15. The SMILES string of the molecule is Cl.NC/C=C/c1ccc(NCc2ccccc2)cc1. The summed E-state index contributed by atoms with van der Waals surface area (Å²) in [4.78, 5) is 0. The van der Waals surface area contributed by atoms with Crippen molar-refractivity contribution in [2.45, 2.75) is 6.54 Å². The van der Waals surface area contributed by atoms with Crippen LogP contribution in [0, 0.1) is 0 Å². The highest BCUT2D eigenvalue weighted by atomic mass is 35.5. The summed E-state index contributed by atoms with van der Waals surface area (Å²) in [7, 11) is 0. The summed E-state index contributed by atoms with van der Waals surface area (Å²) in [6.45, 7) is 1.42. The summed E-state index contributed by atoms with van der Waals surface area (Å²) in [6, 6.07) is 18.7. The average molecular weight is 275 g/mol. The van der Waals surface area contributed by atoms with Crippen LogP contribution >= 0.6 is 12.4 Å². The topological polar surface area (TPSA) is 38.0 Å². The number of hydrogen-bond donors (Lipinski definition) is 2. The van der Waals surface area contributed by atoms with Crippen molar-refractivity contribution >= 4 is 24.2 Å². The molecule has 0 amide bonds. The third-order valence-electron chi connectivity index (χ3n) is 2.70. The zero-order valence-corrected chi connectivity index (χ0v) is 11.6. The molecule has 100 valence electrons. The van der Waals surface area contributed by atoms with Gasteiger partial charge in [-0.1, -0.05) is 54.6 Å². The molecule has 0 aliphatic rings. The van der Waals surface area contributed by atoms with Crippen LogP contribution in [0.1, 0.15) is 11.1 Å². The minimum Gasteiger partial charge on any atom is -0.381 e. The second-order valence-electron chi connectivity index (χ2n) is 4.10. The number of rotatable bonds is 5. The van der Waals surface area contributed by atoms with E-state index in [9.17, 15) is 0 Å². The molecule has 0 aliphatic carbocycles. The molecule has 2 aromatic rings. The minimum absolute atomic E-state index is 0. The highest BCUT2D eigenvalue weighted by Gasteiger charge is 1.93. The van der Waals surface area contributed by atoms with Gasteiger partial charge in [-0.15, -0.1) is 12.4 Å². The minimum atomic E-state index is 0. The number of nitrogens with two attached hydrogens (primary N) is 1. The molecule has 2 rings (SSSR count). The van der Waals surface area contributed by atoms with Gasteiger partial charge in [0, 0.05) is 18.8 Å². The zero-order chi connectivity index (χ0) is 12.6. The molecular weight excluding hydrogens is 256 g/mol. The summed E-state index contributed by atoms with van der Waals surface area (Å²) >= 11 is 0. The van der Waals surface area contributed by atoms with E-state index in [-0.39, 0.29) is 12.4 Å². The van der Waals surface area contributed by atoms with Gasteiger partial charge in [0.15, 0.2) is 0 Å². The standard InChI is InChI=1S/C16H18N2.ClH/c17-12-4-7-14-8-10-16(11-9-14)18-13-15-5-2-1-3-6-15;/h1-11,18H,12-13,17H2;1H/b7-4+;. The largest absolute Gasteiger partial charge is 0.381 e. The van der Waals surface area contributed by atoms with E-state index in [2.05, 4.69) is 53.8 Å². The van der Waals surface area contributed by atoms with E-state index in [0.717, 1.165) is 12.2 Å². The highest BCUT2D eigenvalue weighted by molar-refractivity contribution is 5.85. The fourth-order valence-corrected chi connectivity index (χ4v) is 1.72. The van der Waals surface area contributed by atoms with E-state index in [0.29, 0.717) is 6.54 Å². The van der Waals surface area contributed by atoms with Gasteiger partial charge in [-0.2, -0.15) is 0 Å². The Morgan fingerprint density at radius 1 is 0.947 bits per heavy atom. The maximum Gasteiger partial charge on any atom is 0.0400 e. The summed E-state index contributed by atoms with van der Waals surface area (Å²) in [5.74, 6) is 0. The Kier molecular flexibility index (Phi) is 6.72. The number of nitrogens with one attached hydrogen (secondary N) is 1. The van der Waals surface area contributed by atoms with Crippen molar-refractivity contribution in [2.24, 2.45) is 5.73 Å². The Bertz CT molecular complexity index is 492. The van der Waals surface area contributed by atoms with Crippen molar-refractivity contribution in [3.05, 3.63) is 71.8 Å². The molecule has 0 aromatic heterocycles. The van der Waals surface area contributed by atoms with Gasteiger partial charge in [-0.3, -0.25) is 0 Å². The van der Waals surface area contributed by atoms with Crippen LogP contribution in [0.2, 0.25) is 0 Å². The van der Waals surface area contributed by atoms with Crippen molar-refractivity contribution in [1.29, 1.82) is 0 Å². The van der Waals surface area contributed by atoms with Crippen LogP contribution in [0.25, 0.3) is 6.08 Å². The lowest BCUT2D eigenvalue weighted by Gasteiger charge is -2.06. The Morgan fingerprint density at radius 2 is 1.63 bits per heavy atom. The Balaban J connectivity index is 0.00000180. The first-order valence-electron chi connectivity index (χ1n) is 6.13. The van der Waals surface area contributed by atoms with Crippen LogP contribution in [0.15, 0.2) is 60.7 Å². The molecule has 2 nitrogen and oxygen atoms in total. The van der Waals surface area contributed by atoms with E-state index < -0.39 is 0 Å². The average Bonchev–Trinajstić information content (AvgIpc) is 2.45. The molecule has 0 aliphatic heterocycles. The summed E-state index contributed by atoms with van der Waals surface area (Å²) < 4.78 is 0. The van der Waals surface area contributed by atoms with Gasteiger partial charge in [0.25, 0.3) is 0 Å². The number of hydrogen-bond acceptors (Lipinski definition) is 2. The number of anilines is 1. The number of halogens is 1. The number of benzene rings is 2. The molecule has 0 saturated heterocycles. The van der Waals surface area contributed by atoms with Crippen molar-refractivity contribution < 1.29 is 0 Å². The van der Waals surface area contributed by atoms with E-state index in [4.69, 9.17) is 5.73 Å². The third kappa shape index (κ3) is 5.16. The predicted molar refractivity (Wildman–Crippen MR) is 85.5 cm³/mol. The molecule has 0 atom stereocenters. The van der Waals surface area contributed by atoms with Crippen LogP contribution < -0.4 is 11.1 Å². The van der Waals surface area contributed by atoms with Gasteiger partial charge in [-0.05, 0) is 23.3 Å². The summed E-state index contributed by atoms with van der Waals surface area (Å²) in [5, 5.41) is 3.40. The second-order valence-corrected chi connectivity index (χ2v) is 4.10. The monoisotopic (exact) mass is 274 g/mol. The quantitative estimate of drug-likeness (QED) is 0.873. The maximum atomic E-state index is 5.42. The molecular formula is C16H19ClN2. The van der Waals surface area contributed by atoms with Crippen molar-refractivity contribution in [3.8, 4) is 0 Å². The molecule has 19 heavy (non-hydrogen) atoms. The van der Waals surface area contributed by atoms with Gasteiger partial charge in [0.1, 0.15) is 0 Å². The van der Waals surface area contributed by atoms with Crippen molar-refractivity contribution in [2.75, 3.05) is 11.9 Å². The maximum absolute atomic E-state index is 5.42. The van der Waals surface area contributed by atoms with Crippen molar-refractivity contribution in [1.82, 2.24) is 0 Å². The van der Waals surface area contributed by atoms with E-state index in [1.54, 1.807) is 0 Å². The van der Waals surface area contributed by atoms with Crippen LogP contribution in [0.3, 0.4) is 0 Å². The highest BCUT2D eigenvalue weighted by Crippen LogP contribution is 2.12. The summed E-state index contributed by atoms with van der Waals surface area (Å²) in [6.07, 6.45) is 3.98. The first-order valence-corrected chi connectivity index (χ1v) is 6.13. The normalized spacial score (nSPS) is 10.2. The van der Waals surface area contributed by atoms with Crippen molar-refractivity contribution in [3.63, 3.8) is 0 Å². The first kappa shape index (κ1) is 15.3. The fraction of sp³-hybridized carbons (Fsp3) is 0.125.